The van der Waals surface area contributed by atoms with E-state index in [1.54, 1.807) is 60.9 Å². The predicted octanol–water partition coefficient (Wildman–Crippen LogP) is 8.35. The third-order valence-electron chi connectivity index (χ3n) is 10.7. The number of rotatable bonds is 13. The molecule has 2 aliphatic carbocycles. The number of para-hydroxylation sites is 1. The zero-order valence-electron chi connectivity index (χ0n) is 30.1. The first-order valence-corrected chi connectivity index (χ1v) is 18.2. The summed E-state index contributed by atoms with van der Waals surface area (Å²) >= 11 is 0. The summed E-state index contributed by atoms with van der Waals surface area (Å²) in [4.78, 5) is 28.6. The van der Waals surface area contributed by atoms with Crippen molar-refractivity contribution in [1.82, 2.24) is 9.78 Å². The van der Waals surface area contributed by atoms with Crippen LogP contribution in [0.2, 0.25) is 0 Å². The Bertz CT molecular complexity index is 2250. The Morgan fingerprint density at radius 3 is 2.53 bits per heavy atom. The number of aromatic nitrogens is 2. The molecule has 3 aliphatic rings. The van der Waals surface area contributed by atoms with Gasteiger partial charge in [-0.3, -0.25) is 9.59 Å². The average molecular weight is 753 g/mol. The monoisotopic (exact) mass is 752 g/mol. The van der Waals surface area contributed by atoms with Gasteiger partial charge in [-0.15, -0.1) is 0 Å². The van der Waals surface area contributed by atoms with Crippen LogP contribution in [0.3, 0.4) is 0 Å². The Hall–Kier alpha value is -5.98. The second-order valence-electron chi connectivity index (χ2n) is 14.4. The number of Topliss-reactive ketones (excluding diaryl/α,β-unsaturated/α-hetero) is 1. The molecule has 10 nitrogen and oxygen atoms in total. The number of nitrogens with two attached hydrogens (primary N) is 1. The fraction of sp³-hybridized carbons (Fsp3) is 0.310. The van der Waals surface area contributed by atoms with Gasteiger partial charge in [0, 0.05) is 31.5 Å². The van der Waals surface area contributed by atoms with Gasteiger partial charge >= 0.3 is 5.97 Å². The van der Waals surface area contributed by atoms with Crippen LogP contribution in [-0.2, 0) is 22.6 Å². The van der Waals surface area contributed by atoms with E-state index in [-0.39, 0.29) is 41.4 Å². The largest absolute Gasteiger partial charge is 0.485 e. The molecule has 8 rings (SSSR count). The Morgan fingerprint density at radius 1 is 1.00 bits per heavy atom. The number of halogens is 3. The number of benzene rings is 3. The van der Waals surface area contributed by atoms with Gasteiger partial charge < -0.3 is 29.3 Å². The number of nitrogen functional groups attached to an aromatic ring is 1. The molecule has 3 heterocycles. The molecule has 3 aromatic carbocycles. The highest BCUT2D eigenvalue weighted by atomic mass is 19.3. The number of carbonyl (C=O) groups excluding carboxylic acids is 2. The van der Waals surface area contributed by atoms with Crippen molar-refractivity contribution in [3.05, 3.63) is 119 Å². The topological polar surface area (TPSA) is 122 Å². The number of hydrogen-bond acceptors (Lipinski definition) is 9. The van der Waals surface area contributed by atoms with Gasteiger partial charge in [-0.05, 0) is 115 Å². The summed E-state index contributed by atoms with van der Waals surface area (Å²) in [6, 6.07) is 18.5. The standard InChI is InChI=1S/C42H39F3N4O6/c1-24-11-31(55-37-7-3-2-6-34(37)43)8-9-35(24)49-42(46)33(19-47-49)41(51)28-15-26-17-36(38(18-27(26)16-28)53-23-39(44)45)48-20-29-12-25(13-30(29)21-48)14-40(50)54-22-32-5-4-10-52-32/h2-11,16-19,25,29-30,39H,12-15,20-23,46H2,1H3/t25?,29-,30?/m0/s1. The van der Waals surface area contributed by atoms with Crippen molar-refractivity contribution in [1.29, 1.82) is 0 Å². The lowest BCUT2D eigenvalue weighted by Crippen LogP contribution is -2.23. The number of esters is 1. The molecule has 0 bridgehead atoms. The molecule has 1 aliphatic heterocycles. The summed E-state index contributed by atoms with van der Waals surface area (Å²) in [5.41, 5.74) is 10.9. The van der Waals surface area contributed by atoms with E-state index >= 15 is 0 Å². The number of hydrogen-bond donors (Lipinski definition) is 1. The van der Waals surface area contributed by atoms with E-state index in [4.69, 9.17) is 24.4 Å². The molecule has 5 aromatic rings. The molecule has 3 atom stereocenters. The predicted molar refractivity (Wildman–Crippen MR) is 198 cm³/mol. The van der Waals surface area contributed by atoms with Crippen LogP contribution >= 0.6 is 0 Å². The highest BCUT2D eigenvalue weighted by Crippen LogP contribution is 2.47. The zero-order valence-corrected chi connectivity index (χ0v) is 30.1. The Balaban J connectivity index is 0.945. The minimum atomic E-state index is -2.65. The van der Waals surface area contributed by atoms with Gasteiger partial charge in [0.05, 0.1) is 29.4 Å². The molecule has 0 spiro atoms. The van der Waals surface area contributed by atoms with E-state index < -0.39 is 18.8 Å². The number of ketones is 1. The Kier molecular flexibility index (Phi) is 9.85. The number of alkyl halides is 2. The number of allylic oxidation sites excluding steroid dienone is 1. The van der Waals surface area contributed by atoms with Crippen molar-refractivity contribution < 1.29 is 41.4 Å². The summed E-state index contributed by atoms with van der Waals surface area (Å²) in [7, 11) is 0. The van der Waals surface area contributed by atoms with E-state index in [1.165, 1.54) is 23.0 Å². The summed E-state index contributed by atoms with van der Waals surface area (Å²) < 4.78 is 64.4. The molecule has 55 heavy (non-hydrogen) atoms. The quantitative estimate of drug-likeness (QED) is 0.0934. The second-order valence-corrected chi connectivity index (χ2v) is 14.4. The number of nitrogens with zero attached hydrogens (tertiary/aromatic N) is 3. The van der Waals surface area contributed by atoms with Crippen LogP contribution in [0.5, 0.6) is 17.2 Å². The molecule has 2 fully saturated rings. The first-order chi connectivity index (χ1) is 26.6. The van der Waals surface area contributed by atoms with E-state index in [0.717, 1.165) is 35.2 Å². The molecule has 2 N–H and O–H groups in total. The zero-order chi connectivity index (χ0) is 38.2. The first kappa shape index (κ1) is 36.0. The maximum atomic E-state index is 14.1. The fourth-order valence-corrected chi connectivity index (χ4v) is 8.13. The fourth-order valence-electron chi connectivity index (χ4n) is 8.13. The average Bonchev–Trinajstić information content (AvgIpc) is 4.00. The third kappa shape index (κ3) is 7.56. The number of furan rings is 1. The van der Waals surface area contributed by atoms with Gasteiger partial charge in [0.25, 0.3) is 6.43 Å². The van der Waals surface area contributed by atoms with Crippen LogP contribution in [0.1, 0.15) is 52.1 Å². The SMILES string of the molecule is Cc1cc(Oc2ccccc2F)ccc1-n1ncc(C(=O)C2=Cc3cc(OCC(F)F)c(N4CC5CC(CC(=O)OCc6ccco6)C[C@H]5C4)cc3C2)c1N. The van der Waals surface area contributed by atoms with Crippen LogP contribution in [0.25, 0.3) is 11.8 Å². The smallest absolute Gasteiger partial charge is 0.306 e. The third-order valence-corrected chi connectivity index (χ3v) is 10.7. The second kappa shape index (κ2) is 15.0. The Labute approximate surface area is 315 Å². The lowest BCUT2D eigenvalue weighted by atomic mass is 10.0. The molecule has 2 aromatic heterocycles. The van der Waals surface area contributed by atoms with E-state index in [9.17, 15) is 22.8 Å². The van der Waals surface area contributed by atoms with Crippen molar-refractivity contribution in [3.63, 3.8) is 0 Å². The van der Waals surface area contributed by atoms with Gasteiger partial charge in [0.2, 0.25) is 0 Å². The molecule has 13 heteroatoms. The van der Waals surface area contributed by atoms with Gasteiger partial charge in [0.15, 0.2) is 17.3 Å². The van der Waals surface area contributed by atoms with Gasteiger partial charge in [-0.2, -0.15) is 5.10 Å². The molecule has 1 saturated heterocycles. The lowest BCUT2D eigenvalue weighted by molar-refractivity contribution is -0.146. The van der Waals surface area contributed by atoms with Crippen molar-refractivity contribution in [3.8, 4) is 22.9 Å². The maximum Gasteiger partial charge on any atom is 0.306 e. The highest BCUT2D eigenvalue weighted by Gasteiger charge is 2.42. The molecule has 284 valence electrons. The number of carbonyl (C=O) groups is 2. The van der Waals surface area contributed by atoms with Crippen LogP contribution in [0.4, 0.5) is 24.7 Å². The Morgan fingerprint density at radius 2 is 1.80 bits per heavy atom. The number of ether oxygens (including phenoxy) is 3. The highest BCUT2D eigenvalue weighted by molar-refractivity contribution is 6.15. The maximum absolute atomic E-state index is 14.1. The molecule has 0 amide bonds. The molecular formula is C42H39F3N4O6. The summed E-state index contributed by atoms with van der Waals surface area (Å²) in [6.45, 7) is 2.60. The number of aryl methyl sites for hydroxylation is 1. The molecule has 2 unspecified atom stereocenters. The molecule has 0 radical (unpaired) electrons. The van der Waals surface area contributed by atoms with Crippen molar-refractivity contribution in [2.24, 2.45) is 17.8 Å². The summed E-state index contributed by atoms with van der Waals surface area (Å²) in [5.74, 6) is 1.50. The van der Waals surface area contributed by atoms with Crippen LogP contribution < -0.4 is 20.1 Å². The van der Waals surface area contributed by atoms with E-state index in [2.05, 4.69) is 10.00 Å². The van der Waals surface area contributed by atoms with E-state index in [1.807, 2.05) is 13.0 Å². The number of fused-ring (bicyclic) bond motifs is 2. The normalized spacial score (nSPS) is 18.7. The van der Waals surface area contributed by atoms with Crippen molar-refractivity contribution in [2.75, 3.05) is 30.3 Å². The van der Waals surface area contributed by atoms with Crippen molar-refractivity contribution >= 4 is 29.3 Å². The minimum absolute atomic E-state index is 0.0990. The van der Waals surface area contributed by atoms with Crippen molar-refractivity contribution in [2.45, 2.75) is 45.6 Å². The van der Waals surface area contributed by atoms with E-state index in [0.29, 0.717) is 66.3 Å². The van der Waals surface area contributed by atoms with Crippen LogP contribution in [-0.4, -0.2) is 47.7 Å². The van der Waals surface area contributed by atoms with Gasteiger partial charge in [-0.1, -0.05) is 12.1 Å². The summed E-state index contributed by atoms with van der Waals surface area (Å²) in [6.07, 6.45) is 4.48. The molecule has 1 saturated carbocycles. The van der Waals surface area contributed by atoms with Crippen LogP contribution in [0, 0.1) is 30.5 Å². The van der Waals surface area contributed by atoms with Gasteiger partial charge in [0.1, 0.15) is 36.3 Å². The van der Waals surface area contributed by atoms with Gasteiger partial charge in [-0.25, -0.2) is 17.9 Å². The minimum Gasteiger partial charge on any atom is -0.485 e. The lowest BCUT2D eigenvalue weighted by Gasteiger charge is -2.25. The molecular weight excluding hydrogens is 713 g/mol. The summed E-state index contributed by atoms with van der Waals surface area (Å²) in [5, 5.41) is 4.42. The van der Waals surface area contributed by atoms with Crippen LogP contribution in [0.15, 0.2) is 89.2 Å². The number of anilines is 2. The first-order valence-electron chi connectivity index (χ1n) is 18.2.